The number of hydrogen-bond acceptors (Lipinski definition) is 4. The van der Waals surface area contributed by atoms with Gasteiger partial charge >= 0.3 is 6.18 Å². The number of hydrogen-bond donors (Lipinski definition) is 2. The van der Waals surface area contributed by atoms with Crippen LogP contribution >= 0.6 is 0 Å². The van der Waals surface area contributed by atoms with E-state index < -0.39 is 23.2 Å². The molecule has 0 atom stereocenters. The summed E-state index contributed by atoms with van der Waals surface area (Å²) in [7, 11) is 0. The molecule has 0 aliphatic carbocycles. The van der Waals surface area contributed by atoms with Crippen molar-refractivity contribution in [2.24, 2.45) is 0 Å². The molecule has 6 nitrogen and oxygen atoms in total. The Balaban J connectivity index is 2.24. The Morgan fingerprint density at radius 3 is 2.65 bits per heavy atom. The Morgan fingerprint density at radius 2 is 2.04 bits per heavy atom. The summed E-state index contributed by atoms with van der Waals surface area (Å²) < 4.78 is 39.2. The minimum Gasteiger partial charge on any atom is -0.394 e. The molecule has 2 N–H and O–H groups in total. The van der Waals surface area contributed by atoms with E-state index in [1.807, 2.05) is 0 Å². The predicted molar refractivity (Wildman–Crippen MR) is 75.0 cm³/mol. The number of amides is 1. The van der Waals surface area contributed by atoms with Crippen molar-refractivity contribution in [2.75, 3.05) is 6.61 Å². The average Bonchev–Trinajstić information content (AvgIpc) is 2.96. The summed E-state index contributed by atoms with van der Waals surface area (Å²) in [5.74, 6) is -0.581. The summed E-state index contributed by atoms with van der Waals surface area (Å²) >= 11 is 0. The van der Waals surface area contributed by atoms with Crippen LogP contribution in [0, 0.1) is 0 Å². The lowest BCUT2D eigenvalue weighted by Gasteiger charge is -2.22. The number of carbonyl (C=O) groups is 1. The van der Waals surface area contributed by atoms with Crippen molar-refractivity contribution >= 4 is 5.91 Å². The zero-order valence-corrected chi connectivity index (χ0v) is 12.4. The van der Waals surface area contributed by atoms with Gasteiger partial charge in [0.1, 0.15) is 0 Å². The minimum absolute atomic E-state index is 0.0658. The Labute approximate surface area is 129 Å². The molecule has 0 unspecified atom stereocenters. The average molecular weight is 328 g/mol. The summed E-state index contributed by atoms with van der Waals surface area (Å²) in [5.41, 5.74) is -1.61. The van der Waals surface area contributed by atoms with Crippen LogP contribution in [0.15, 0.2) is 30.5 Å². The number of halogens is 3. The number of benzene rings is 1. The van der Waals surface area contributed by atoms with Crippen LogP contribution in [-0.2, 0) is 6.18 Å². The topological polar surface area (TPSA) is 80.0 Å². The van der Waals surface area contributed by atoms with Crippen LogP contribution in [0.5, 0.6) is 0 Å². The Bertz CT molecular complexity index is 710. The number of aliphatic hydroxyl groups is 1. The third-order valence-corrected chi connectivity index (χ3v) is 3.01. The van der Waals surface area contributed by atoms with Crippen LogP contribution < -0.4 is 5.32 Å². The number of alkyl halides is 3. The van der Waals surface area contributed by atoms with Crippen molar-refractivity contribution in [3.63, 3.8) is 0 Å². The van der Waals surface area contributed by atoms with Gasteiger partial charge in [0.2, 0.25) is 0 Å². The zero-order valence-electron chi connectivity index (χ0n) is 12.4. The highest BCUT2D eigenvalue weighted by molar-refractivity contribution is 5.92. The second-order valence-electron chi connectivity index (χ2n) is 5.59. The second kappa shape index (κ2) is 5.99. The molecule has 1 heterocycles. The molecular formula is C14H15F3N4O2. The first-order valence-corrected chi connectivity index (χ1v) is 6.66. The SMILES string of the molecule is CC(C)(CO)NC(=O)c1cn(-c2cccc(C(F)(F)F)c2)nn1. The Kier molecular flexibility index (Phi) is 4.42. The summed E-state index contributed by atoms with van der Waals surface area (Å²) in [6, 6.07) is 4.52. The standard InChI is InChI=1S/C14H15F3N4O2/c1-13(2,8-22)18-12(23)11-7-21(20-19-11)10-5-3-4-9(6-10)14(15,16)17/h3-7,22H,8H2,1-2H3,(H,18,23). The minimum atomic E-state index is -4.47. The number of nitrogens with one attached hydrogen (secondary N) is 1. The normalized spacial score (nSPS) is 12.3. The van der Waals surface area contributed by atoms with E-state index in [1.165, 1.54) is 18.3 Å². The fourth-order valence-corrected chi connectivity index (χ4v) is 1.73. The van der Waals surface area contributed by atoms with Crippen molar-refractivity contribution in [1.29, 1.82) is 0 Å². The van der Waals surface area contributed by atoms with E-state index >= 15 is 0 Å². The van der Waals surface area contributed by atoms with Gasteiger partial charge in [-0.25, -0.2) is 4.68 Å². The molecule has 0 radical (unpaired) electrons. The van der Waals surface area contributed by atoms with Gasteiger partial charge in [-0.15, -0.1) is 5.10 Å². The van der Waals surface area contributed by atoms with E-state index in [1.54, 1.807) is 13.8 Å². The van der Waals surface area contributed by atoms with Gasteiger partial charge in [-0.3, -0.25) is 4.79 Å². The monoisotopic (exact) mass is 328 g/mol. The van der Waals surface area contributed by atoms with Crippen molar-refractivity contribution in [3.8, 4) is 5.69 Å². The maximum absolute atomic E-state index is 12.7. The third-order valence-electron chi connectivity index (χ3n) is 3.01. The first-order chi connectivity index (χ1) is 10.6. The maximum Gasteiger partial charge on any atom is 0.416 e. The molecule has 124 valence electrons. The van der Waals surface area contributed by atoms with Gasteiger partial charge in [0.05, 0.1) is 29.6 Å². The fraction of sp³-hybridized carbons (Fsp3) is 0.357. The van der Waals surface area contributed by atoms with Crippen LogP contribution in [0.3, 0.4) is 0 Å². The Hall–Kier alpha value is -2.42. The molecule has 1 amide bonds. The van der Waals surface area contributed by atoms with Crippen molar-refractivity contribution in [3.05, 3.63) is 41.7 Å². The molecule has 9 heteroatoms. The lowest BCUT2D eigenvalue weighted by atomic mass is 10.1. The molecule has 0 aliphatic heterocycles. The van der Waals surface area contributed by atoms with Crippen molar-refractivity contribution in [1.82, 2.24) is 20.3 Å². The van der Waals surface area contributed by atoms with E-state index in [2.05, 4.69) is 15.6 Å². The molecule has 0 aliphatic rings. The first-order valence-electron chi connectivity index (χ1n) is 6.66. The van der Waals surface area contributed by atoms with Gasteiger partial charge in [0, 0.05) is 0 Å². The summed E-state index contributed by atoms with van der Waals surface area (Å²) in [6.07, 6.45) is -3.25. The van der Waals surface area contributed by atoms with Gasteiger partial charge < -0.3 is 10.4 Å². The second-order valence-corrected chi connectivity index (χ2v) is 5.59. The number of aliphatic hydroxyl groups excluding tert-OH is 1. The number of nitrogens with zero attached hydrogens (tertiary/aromatic N) is 3. The highest BCUT2D eigenvalue weighted by Crippen LogP contribution is 2.30. The van der Waals surface area contributed by atoms with Crippen LogP contribution in [0.25, 0.3) is 5.69 Å². The molecule has 0 spiro atoms. The molecule has 1 aromatic carbocycles. The van der Waals surface area contributed by atoms with Gasteiger partial charge in [0.25, 0.3) is 5.91 Å². The van der Waals surface area contributed by atoms with Gasteiger partial charge in [-0.1, -0.05) is 11.3 Å². The fourth-order valence-electron chi connectivity index (χ4n) is 1.73. The highest BCUT2D eigenvalue weighted by Gasteiger charge is 2.30. The van der Waals surface area contributed by atoms with E-state index in [0.29, 0.717) is 0 Å². The predicted octanol–water partition coefficient (Wildman–Crippen LogP) is 1.79. The molecule has 0 bridgehead atoms. The quantitative estimate of drug-likeness (QED) is 0.897. The Morgan fingerprint density at radius 1 is 1.35 bits per heavy atom. The third kappa shape index (κ3) is 4.07. The first kappa shape index (κ1) is 16.9. The molecule has 2 rings (SSSR count). The summed E-state index contributed by atoms with van der Waals surface area (Å²) in [4.78, 5) is 12.0. The largest absolute Gasteiger partial charge is 0.416 e. The lowest BCUT2D eigenvalue weighted by Crippen LogP contribution is -2.46. The van der Waals surface area contributed by atoms with Gasteiger partial charge in [-0.2, -0.15) is 13.2 Å². The van der Waals surface area contributed by atoms with Crippen molar-refractivity contribution in [2.45, 2.75) is 25.6 Å². The van der Waals surface area contributed by atoms with Crippen LogP contribution in [-0.4, -0.2) is 38.2 Å². The van der Waals surface area contributed by atoms with E-state index in [0.717, 1.165) is 16.8 Å². The smallest absolute Gasteiger partial charge is 0.394 e. The molecule has 0 saturated heterocycles. The maximum atomic E-state index is 12.7. The van der Waals surface area contributed by atoms with Crippen molar-refractivity contribution < 1.29 is 23.1 Å². The molecule has 1 aromatic heterocycles. The van der Waals surface area contributed by atoms with E-state index in [4.69, 9.17) is 5.11 Å². The van der Waals surface area contributed by atoms with Gasteiger partial charge in [0.15, 0.2) is 5.69 Å². The molecule has 23 heavy (non-hydrogen) atoms. The van der Waals surface area contributed by atoms with Gasteiger partial charge in [-0.05, 0) is 32.0 Å². The van der Waals surface area contributed by atoms with E-state index in [-0.39, 0.29) is 18.0 Å². The molecule has 2 aromatic rings. The lowest BCUT2D eigenvalue weighted by molar-refractivity contribution is -0.137. The van der Waals surface area contributed by atoms with Crippen LogP contribution in [0.1, 0.15) is 29.9 Å². The number of carbonyl (C=O) groups excluding carboxylic acids is 1. The number of rotatable bonds is 4. The molecule has 0 fully saturated rings. The van der Waals surface area contributed by atoms with E-state index in [9.17, 15) is 18.0 Å². The van der Waals surface area contributed by atoms with Crippen LogP contribution in [0.4, 0.5) is 13.2 Å². The van der Waals surface area contributed by atoms with Crippen LogP contribution in [0.2, 0.25) is 0 Å². The molecule has 0 saturated carbocycles. The zero-order chi connectivity index (χ0) is 17.3. The highest BCUT2D eigenvalue weighted by atomic mass is 19.4. The molecular weight excluding hydrogens is 313 g/mol. The summed E-state index contributed by atoms with van der Waals surface area (Å²) in [5, 5.41) is 19.0. The summed E-state index contributed by atoms with van der Waals surface area (Å²) in [6.45, 7) is 2.95. The number of aromatic nitrogens is 3.